The fourth-order valence-electron chi connectivity index (χ4n) is 2.23. The average molecular weight is 332 g/mol. The lowest BCUT2D eigenvalue weighted by molar-refractivity contribution is 0.0287. The minimum Gasteiger partial charge on any atom is -0.493 e. The second-order valence-corrected chi connectivity index (χ2v) is 5.35. The number of hydrogen-bond donors (Lipinski definition) is 2. The lowest BCUT2D eigenvalue weighted by Crippen LogP contribution is -2.30. The lowest BCUT2D eigenvalue weighted by atomic mass is 10.2. The van der Waals surface area contributed by atoms with E-state index in [0.717, 1.165) is 11.1 Å². The Balaban J connectivity index is 1.68. The zero-order chi connectivity index (χ0) is 17.2. The molecule has 0 unspecified atom stereocenters. The molecule has 6 heteroatoms. The van der Waals surface area contributed by atoms with Crippen molar-refractivity contribution in [2.75, 3.05) is 27.4 Å². The van der Waals surface area contributed by atoms with Gasteiger partial charge in [0.25, 0.3) is 0 Å². The highest BCUT2D eigenvalue weighted by Crippen LogP contribution is 2.27. The molecular formula is C18H24N2O4. The van der Waals surface area contributed by atoms with Crippen molar-refractivity contribution in [1.82, 2.24) is 10.3 Å². The van der Waals surface area contributed by atoms with Gasteiger partial charge in [0.1, 0.15) is 0 Å². The van der Waals surface area contributed by atoms with Gasteiger partial charge in [-0.2, -0.15) is 0 Å². The summed E-state index contributed by atoms with van der Waals surface area (Å²) in [7, 11) is 3.20. The van der Waals surface area contributed by atoms with E-state index in [9.17, 15) is 5.11 Å². The number of aromatic nitrogens is 1. The molecule has 0 aliphatic rings. The maximum atomic E-state index is 9.94. The zero-order valence-electron chi connectivity index (χ0n) is 14.1. The Kier molecular flexibility index (Phi) is 7.48. The smallest absolute Gasteiger partial charge is 0.161 e. The van der Waals surface area contributed by atoms with E-state index in [1.165, 1.54) is 0 Å². The molecule has 0 fully saturated rings. The monoisotopic (exact) mass is 332 g/mol. The van der Waals surface area contributed by atoms with Gasteiger partial charge in [-0.1, -0.05) is 12.1 Å². The van der Waals surface area contributed by atoms with Crippen LogP contribution in [0.1, 0.15) is 11.1 Å². The Bertz CT molecular complexity index is 607. The quantitative estimate of drug-likeness (QED) is 0.691. The topological polar surface area (TPSA) is 72.8 Å². The van der Waals surface area contributed by atoms with Gasteiger partial charge in [-0.25, -0.2) is 0 Å². The number of benzene rings is 1. The molecule has 0 aliphatic carbocycles. The predicted molar refractivity (Wildman–Crippen MR) is 91.2 cm³/mol. The minimum atomic E-state index is -0.568. The number of methoxy groups -OCH3 is 2. The van der Waals surface area contributed by atoms with Crippen molar-refractivity contribution in [2.45, 2.75) is 19.3 Å². The van der Waals surface area contributed by atoms with Gasteiger partial charge >= 0.3 is 0 Å². The van der Waals surface area contributed by atoms with Crippen LogP contribution in [0.5, 0.6) is 11.5 Å². The molecule has 1 atom stereocenters. The van der Waals surface area contributed by atoms with Gasteiger partial charge in [0.2, 0.25) is 0 Å². The van der Waals surface area contributed by atoms with Crippen LogP contribution in [-0.2, 0) is 17.9 Å². The number of aliphatic hydroxyl groups is 1. The number of rotatable bonds is 10. The summed E-state index contributed by atoms with van der Waals surface area (Å²) in [5.74, 6) is 1.35. The second-order valence-electron chi connectivity index (χ2n) is 5.35. The molecule has 0 saturated heterocycles. The molecule has 2 rings (SSSR count). The summed E-state index contributed by atoms with van der Waals surface area (Å²) < 4.78 is 16.0. The van der Waals surface area contributed by atoms with Gasteiger partial charge in [0.05, 0.1) is 33.5 Å². The van der Waals surface area contributed by atoms with Gasteiger partial charge in [-0.05, 0) is 29.3 Å². The number of nitrogens with zero attached hydrogens (tertiary/aromatic N) is 1. The third-order valence-electron chi connectivity index (χ3n) is 3.46. The molecule has 1 heterocycles. The van der Waals surface area contributed by atoms with Crippen LogP contribution in [-0.4, -0.2) is 43.6 Å². The van der Waals surface area contributed by atoms with Crippen LogP contribution in [0.3, 0.4) is 0 Å². The van der Waals surface area contributed by atoms with E-state index < -0.39 is 6.10 Å². The van der Waals surface area contributed by atoms with Crippen LogP contribution in [0.4, 0.5) is 0 Å². The SMILES string of the molecule is COc1ccc(COC[C@H](O)CNCc2cccnc2)cc1OC. The number of ether oxygens (including phenoxy) is 3. The molecule has 0 aliphatic heterocycles. The molecule has 0 spiro atoms. The van der Waals surface area contributed by atoms with E-state index in [2.05, 4.69) is 10.3 Å². The summed E-state index contributed by atoms with van der Waals surface area (Å²) in [6.07, 6.45) is 2.97. The van der Waals surface area contributed by atoms with Crippen LogP contribution in [0.2, 0.25) is 0 Å². The molecule has 6 nitrogen and oxygen atoms in total. The average Bonchev–Trinajstić information content (AvgIpc) is 2.62. The standard InChI is InChI=1S/C18H24N2O4/c1-22-17-6-5-14(8-18(17)23-2)12-24-13-16(21)11-20-10-15-4-3-7-19-9-15/h3-9,16,20-21H,10-13H2,1-2H3/t16-/m1/s1. The molecule has 0 amide bonds. The van der Waals surface area contributed by atoms with Crippen LogP contribution in [0.15, 0.2) is 42.7 Å². The van der Waals surface area contributed by atoms with Gasteiger partial charge in [-0.15, -0.1) is 0 Å². The largest absolute Gasteiger partial charge is 0.493 e. The van der Waals surface area contributed by atoms with E-state index in [0.29, 0.717) is 31.2 Å². The fourth-order valence-corrected chi connectivity index (χ4v) is 2.23. The first-order chi connectivity index (χ1) is 11.7. The first kappa shape index (κ1) is 18.2. The Morgan fingerprint density at radius 2 is 1.96 bits per heavy atom. The highest BCUT2D eigenvalue weighted by Gasteiger charge is 2.07. The molecular weight excluding hydrogens is 308 g/mol. The summed E-state index contributed by atoms with van der Waals surface area (Å²) in [4.78, 5) is 4.05. The Morgan fingerprint density at radius 1 is 1.12 bits per heavy atom. The Labute approximate surface area is 142 Å². The van der Waals surface area contributed by atoms with Crippen molar-refractivity contribution >= 4 is 0 Å². The highest BCUT2D eigenvalue weighted by molar-refractivity contribution is 5.42. The van der Waals surface area contributed by atoms with Gasteiger partial charge in [0.15, 0.2) is 11.5 Å². The number of hydrogen-bond acceptors (Lipinski definition) is 6. The molecule has 1 aromatic carbocycles. The molecule has 130 valence electrons. The van der Waals surface area contributed by atoms with Crippen molar-refractivity contribution < 1.29 is 19.3 Å². The second kappa shape index (κ2) is 9.87. The summed E-state index contributed by atoms with van der Waals surface area (Å²) in [6.45, 7) is 1.79. The molecule has 2 N–H and O–H groups in total. The van der Waals surface area contributed by atoms with Gasteiger partial charge < -0.3 is 24.6 Å². The van der Waals surface area contributed by atoms with E-state index in [4.69, 9.17) is 14.2 Å². The molecule has 24 heavy (non-hydrogen) atoms. The van der Waals surface area contributed by atoms with Crippen molar-refractivity contribution in [3.63, 3.8) is 0 Å². The maximum absolute atomic E-state index is 9.94. The summed E-state index contributed by atoms with van der Waals surface area (Å²) >= 11 is 0. The third-order valence-corrected chi connectivity index (χ3v) is 3.46. The first-order valence-corrected chi connectivity index (χ1v) is 7.79. The molecule has 0 bridgehead atoms. The number of nitrogens with one attached hydrogen (secondary N) is 1. The summed E-state index contributed by atoms with van der Waals surface area (Å²) in [6, 6.07) is 9.49. The molecule has 0 saturated carbocycles. The van der Waals surface area contributed by atoms with Crippen LogP contribution in [0.25, 0.3) is 0 Å². The van der Waals surface area contributed by atoms with Gasteiger partial charge in [-0.3, -0.25) is 4.98 Å². The van der Waals surface area contributed by atoms with Crippen LogP contribution < -0.4 is 14.8 Å². The van der Waals surface area contributed by atoms with E-state index in [1.54, 1.807) is 26.6 Å². The lowest BCUT2D eigenvalue weighted by Gasteiger charge is -2.13. The van der Waals surface area contributed by atoms with Crippen LogP contribution >= 0.6 is 0 Å². The summed E-state index contributed by atoms with van der Waals surface area (Å²) in [5, 5.41) is 13.1. The Morgan fingerprint density at radius 3 is 2.67 bits per heavy atom. The zero-order valence-corrected chi connectivity index (χ0v) is 14.1. The van der Waals surface area contributed by atoms with Gasteiger partial charge in [0, 0.05) is 25.5 Å². The van der Waals surface area contributed by atoms with Crippen LogP contribution in [0, 0.1) is 0 Å². The summed E-state index contributed by atoms with van der Waals surface area (Å²) in [5.41, 5.74) is 2.04. The Hall–Kier alpha value is -2.15. The van der Waals surface area contributed by atoms with Crippen molar-refractivity contribution in [3.05, 3.63) is 53.9 Å². The fraction of sp³-hybridized carbons (Fsp3) is 0.389. The van der Waals surface area contributed by atoms with Crippen molar-refractivity contribution in [3.8, 4) is 11.5 Å². The van der Waals surface area contributed by atoms with Crippen molar-refractivity contribution in [1.29, 1.82) is 0 Å². The highest BCUT2D eigenvalue weighted by atomic mass is 16.5. The van der Waals surface area contributed by atoms with Crippen molar-refractivity contribution in [2.24, 2.45) is 0 Å². The van der Waals surface area contributed by atoms with E-state index in [-0.39, 0.29) is 6.61 Å². The third kappa shape index (κ3) is 5.81. The van der Waals surface area contributed by atoms with E-state index in [1.807, 2.05) is 30.3 Å². The number of aliphatic hydroxyl groups excluding tert-OH is 1. The predicted octanol–water partition coefficient (Wildman–Crippen LogP) is 1.77. The molecule has 0 radical (unpaired) electrons. The number of pyridine rings is 1. The first-order valence-electron chi connectivity index (χ1n) is 7.79. The van der Waals surface area contributed by atoms with E-state index >= 15 is 0 Å². The normalized spacial score (nSPS) is 12.0. The maximum Gasteiger partial charge on any atom is 0.161 e. The molecule has 2 aromatic rings. The molecule has 1 aromatic heterocycles. The minimum absolute atomic E-state index is 0.258.